The first kappa shape index (κ1) is 10.8. The Morgan fingerprint density at radius 3 is 2.93 bits per heavy atom. The van der Waals surface area contributed by atoms with Crippen LogP contribution in [0.3, 0.4) is 0 Å². The molecule has 14 heavy (non-hydrogen) atoms. The molecule has 1 aromatic carbocycles. The maximum Gasteiger partial charge on any atom is 0.330 e. The fraction of sp³-hybridized carbons (Fsp3) is 0.100. The molecule has 0 aliphatic heterocycles. The molecule has 0 amide bonds. The Labute approximate surface area is 90.1 Å². The van der Waals surface area contributed by atoms with Crippen molar-refractivity contribution in [2.24, 2.45) is 0 Å². The first-order valence-electron chi connectivity index (χ1n) is 3.88. The van der Waals surface area contributed by atoms with E-state index in [0.29, 0.717) is 5.56 Å². The van der Waals surface area contributed by atoms with E-state index in [1.165, 1.54) is 19.3 Å². The second kappa shape index (κ2) is 4.81. The number of hydrogen-bond donors (Lipinski definition) is 1. The quantitative estimate of drug-likeness (QED) is 0.653. The maximum atomic E-state index is 10.8. The molecule has 1 N–H and O–H groups in total. The number of carbonyl (C=O) groups excluding carboxylic acids is 1. The van der Waals surface area contributed by atoms with Gasteiger partial charge in [-0.15, -0.1) is 0 Å². The van der Waals surface area contributed by atoms with Gasteiger partial charge < -0.3 is 9.84 Å². The van der Waals surface area contributed by atoms with Crippen LogP contribution in [-0.4, -0.2) is 18.2 Å². The summed E-state index contributed by atoms with van der Waals surface area (Å²) in [5, 5.41) is 9.40. The van der Waals surface area contributed by atoms with Crippen LogP contribution in [0.4, 0.5) is 0 Å². The van der Waals surface area contributed by atoms with Crippen molar-refractivity contribution in [2.45, 2.75) is 0 Å². The Bertz CT molecular complexity index is 372. The molecule has 74 valence electrons. The number of carbonyl (C=O) groups is 1. The lowest BCUT2D eigenvalue weighted by molar-refractivity contribution is -0.134. The molecule has 0 aromatic heterocycles. The smallest absolute Gasteiger partial charge is 0.330 e. The first-order chi connectivity index (χ1) is 6.63. The minimum atomic E-state index is -0.454. The summed E-state index contributed by atoms with van der Waals surface area (Å²) in [6.07, 6.45) is 2.74. The minimum absolute atomic E-state index is 0.119. The standard InChI is InChI=1S/C10H9BrO3/c1-14-10(13)5-2-7-6-8(11)3-4-9(7)12/h2-6,12H,1H3/b5-2+. The number of halogens is 1. The highest BCUT2D eigenvalue weighted by atomic mass is 79.9. The number of esters is 1. The van der Waals surface area contributed by atoms with Crippen LogP contribution >= 0.6 is 15.9 Å². The van der Waals surface area contributed by atoms with Crippen LogP contribution < -0.4 is 0 Å². The SMILES string of the molecule is COC(=O)/C=C/c1cc(Br)ccc1O. The highest BCUT2D eigenvalue weighted by molar-refractivity contribution is 9.10. The van der Waals surface area contributed by atoms with Gasteiger partial charge in [-0.3, -0.25) is 0 Å². The van der Waals surface area contributed by atoms with E-state index in [1.54, 1.807) is 18.2 Å². The molecule has 1 rings (SSSR count). The molecule has 0 fully saturated rings. The Hall–Kier alpha value is -1.29. The van der Waals surface area contributed by atoms with Crippen LogP contribution in [0.2, 0.25) is 0 Å². The Kier molecular flexibility index (Phi) is 3.71. The number of ether oxygens (including phenoxy) is 1. The third-order valence-corrected chi connectivity index (χ3v) is 2.08. The van der Waals surface area contributed by atoms with Crippen LogP contribution in [-0.2, 0) is 9.53 Å². The van der Waals surface area contributed by atoms with Crippen LogP contribution in [0.25, 0.3) is 6.08 Å². The summed E-state index contributed by atoms with van der Waals surface area (Å²) < 4.78 is 5.26. The molecule has 0 spiro atoms. The monoisotopic (exact) mass is 256 g/mol. The van der Waals surface area contributed by atoms with Crippen molar-refractivity contribution in [3.05, 3.63) is 34.3 Å². The molecule has 1 aromatic rings. The Morgan fingerprint density at radius 2 is 2.29 bits per heavy atom. The molecule has 0 aliphatic rings. The van der Waals surface area contributed by atoms with Gasteiger partial charge in [-0.1, -0.05) is 15.9 Å². The topological polar surface area (TPSA) is 46.5 Å². The van der Waals surface area contributed by atoms with E-state index in [0.717, 1.165) is 4.47 Å². The lowest BCUT2D eigenvalue weighted by Crippen LogP contribution is -1.93. The van der Waals surface area contributed by atoms with Gasteiger partial charge in [0.1, 0.15) is 5.75 Å². The van der Waals surface area contributed by atoms with E-state index in [-0.39, 0.29) is 5.75 Å². The molecular weight excluding hydrogens is 248 g/mol. The molecule has 0 bridgehead atoms. The molecular formula is C10H9BrO3. The summed E-state index contributed by atoms with van der Waals surface area (Å²) in [4.78, 5) is 10.8. The summed E-state index contributed by atoms with van der Waals surface area (Å²) in [5.74, 6) is -0.335. The van der Waals surface area contributed by atoms with E-state index in [9.17, 15) is 9.90 Å². The van der Waals surface area contributed by atoms with E-state index in [4.69, 9.17) is 0 Å². The van der Waals surface area contributed by atoms with Gasteiger partial charge in [0.25, 0.3) is 0 Å². The van der Waals surface area contributed by atoms with Gasteiger partial charge in [0.05, 0.1) is 7.11 Å². The number of phenolic OH excluding ortho intramolecular Hbond substituents is 1. The summed E-state index contributed by atoms with van der Waals surface area (Å²) in [7, 11) is 1.30. The minimum Gasteiger partial charge on any atom is -0.507 e. The molecule has 0 atom stereocenters. The molecule has 0 saturated heterocycles. The van der Waals surface area contributed by atoms with Crippen molar-refractivity contribution in [1.29, 1.82) is 0 Å². The summed E-state index contributed by atoms with van der Waals surface area (Å²) in [6, 6.07) is 4.96. The number of phenols is 1. The molecule has 0 aliphatic carbocycles. The molecule has 3 nitrogen and oxygen atoms in total. The second-order valence-corrected chi connectivity index (χ2v) is 3.48. The lowest BCUT2D eigenvalue weighted by Gasteiger charge is -1.98. The summed E-state index contributed by atoms with van der Waals surface area (Å²) >= 11 is 3.26. The Balaban J connectivity index is 2.90. The fourth-order valence-corrected chi connectivity index (χ4v) is 1.26. The molecule has 0 saturated carbocycles. The van der Waals surface area contributed by atoms with E-state index < -0.39 is 5.97 Å². The van der Waals surface area contributed by atoms with Crippen molar-refractivity contribution >= 4 is 28.0 Å². The predicted molar refractivity (Wildman–Crippen MR) is 56.9 cm³/mol. The van der Waals surface area contributed by atoms with Gasteiger partial charge in [-0.25, -0.2) is 4.79 Å². The molecule has 4 heteroatoms. The van der Waals surface area contributed by atoms with Gasteiger partial charge in [0.2, 0.25) is 0 Å². The predicted octanol–water partition coefficient (Wildman–Crippen LogP) is 2.34. The van der Waals surface area contributed by atoms with Crippen LogP contribution in [0.15, 0.2) is 28.7 Å². The van der Waals surface area contributed by atoms with E-state index in [1.807, 2.05) is 0 Å². The number of benzene rings is 1. The van der Waals surface area contributed by atoms with Crippen LogP contribution in [0.5, 0.6) is 5.75 Å². The van der Waals surface area contributed by atoms with Crippen molar-refractivity contribution in [1.82, 2.24) is 0 Å². The van der Waals surface area contributed by atoms with Crippen molar-refractivity contribution < 1.29 is 14.6 Å². The number of aromatic hydroxyl groups is 1. The van der Waals surface area contributed by atoms with Crippen molar-refractivity contribution in [2.75, 3.05) is 7.11 Å². The van der Waals surface area contributed by atoms with E-state index >= 15 is 0 Å². The molecule has 0 heterocycles. The van der Waals surface area contributed by atoms with Gasteiger partial charge in [0, 0.05) is 16.1 Å². The summed E-state index contributed by atoms with van der Waals surface area (Å²) in [5.41, 5.74) is 0.560. The first-order valence-corrected chi connectivity index (χ1v) is 4.67. The number of methoxy groups -OCH3 is 1. The van der Waals surface area contributed by atoms with Gasteiger partial charge in [0.15, 0.2) is 0 Å². The van der Waals surface area contributed by atoms with Crippen LogP contribution in [0, 0.1) is 0 Å². The fourth-order valence-electron chi connectivity index (χ4n) is 0.885. The lowest BCUT2D eigenvalue weighted by atomic mass is 10.2. The average molecular weight is 257 g/mol. The van der Waals surface area contributed by atoms with E-state index in [2.05, 4.69) is 20.7 Å². The van der Waals surface area contributed by atoms with Gasteiger partial charge >= 0.3 is 5.97 Å². The Morgan fingerprint density at radius 1 is 1.57 bits per heavy atom. The normalized spacial score (nSPS) is 10.4. The van der Waals surface area contributed by atoms with Crippen molar-refractivity contribution in [3.8, 4) is 5.75 Å². The zero-order valence-corrected chi connectivity index (χ0v) is 9.11. The number of hydrogen-bond acceptors (Lipinski definition) is 3. The third-order valence-electron chi connectivity index (χ3n) is 1.59. The number of rotatable bonds is 2. The second-order valence-electron chi connectivity index (χ2n) is 2.56. The maximum absolute atomic E-state index is 10.8. The largest absolute Gasteiger partial charge is 0.507 e. The molecule has 0 unspecified atom stereocenters. The third kappa shape index (κ3) is 2.88. The zero-order chi connectivity index (χ0) is 10.6. The average Bonchev–Trinajstić information content (AvgIpc) is 2.19. The van der Waals surface area contributed by atoms with Crippen LogP contribution in [0.1, 0.15) is 5.56 Å². The highest BCUT2D eigenvalue weighted by Gasteiger charge is 1.99. The van der Waals surface area contributed by atoms with Gasteiger partial charge in [-0.2, -0.15) is 0 Å². The zero-order valence-electron chi connectivity index (χ0n) is 7.53. The summed E-state index contributed by atoms with van der Waals surface area (Å²) in [6.45, 7) is 0. The van der Waals surface area contributed by atoms with Crippen molar-refractivity contribution in [3.63, 3.8) is 0 Å². The molecule has 0 radical (unpaired) electrons. The van der Waals surface area contributed by atoms with Gasteiger partial charge in [-0.05, 0) is 24.3 Å². The highest BCUT2D eigenvalue weighted by Crippen LogP contribution is 2.22.